The molecule has 3 aromatic carbocycles. The number of hydrogen-bond acceptors (Lipinski definition) is 4. The summed E-state index contributed by atoms with van der Waals surface area (Å²) in [4.78, 5) is 10.2. The summed E-state index contributed by atoms with van der Waals surface area (Å²) in [6.45, 7) is 0. The second-order valence-electron chi connectivity index (χ2n) is 4.59. The van der Waals surface area contributed by atoms with Gasteiger partial charge < -0.3 is 10.5 Å². The van der Waals surface area contributed by atoms with E-state index < -0.39 is 4.92 Å². The molecule has 5 nitrogen and oxygen atoms in total. The first-order valence-corrected chi connectivity index (χ1v) is 6.34. The van der Waals surface area contributed by atoms with Crippen molar-refractivity contribution in [2.75, 3.05) is 5.73 Å². The second-order valence-corrected chi connectivity index (χ2v) is 4.59. The molecule has 0 spiro atoms. The number of fused-ring (bicyclic) bond motifs is 1. The Morgan fingerprint density at radius 1 is 0.905 bits per heavy atom. The molecule has 0 aromatic heterocycles. The third-order valence-electron chi connectivity index (χ3n) is 3.15. The van der Waals surface area contributed by atoms with E-state index in [9.17, 15) is 10.1 Å². The molecule has 5 heteroatoms. The second kappa shape index (κ2) is 5.13. The maximum absolute atomic E-state index is 10.7. The van der Waals surface area contributed by atoms with Crippen LogP contribution in [0.15, 0.2) is 60.7 Å². The van der Waals surface area contributed by atoms with Gasteiger partial charge in [0, 0.05) is 12.1 Å². The van der Waals surface area contributed by atoms with Gasteiger partial charge in [0.25, 0.3) is 5.69 Å². The van der Waals surface area contributed by atoms with Crippen molar-refractivity contribution in [3.63, 3.8) is 0 Å². The van der Waals surface area contributed by atoms with Crippen LogP contribution >= 0.6 is 0 Å². The van der Waals surface area contributed by atoms with Crippen LogP contribution in [0.2, 0.25) is 0 Å². The van der Waals surface area contributed by atoms with Gasteiger partial charge in [0.05, 0.1) is 4.92 Å². The van der Waals surface area contributed by atoms with Crippen LogP contribution in [0.25, 0.3) is 10.8 Å². The smallest absolute Gasteiger partial charge is 0.292 e. The van der Waals surface area contributed by atoms with Crippen LogP contribution in [-0.4, -0.2) is 4.92 Å². The molecular formula is C16H12N2O3. The Bertz CT molecular complexity index is 831. The van der Waals surface area contributed by atoms with Crippen molar-refractivity contribution in [2.45, 2.75) is 0 Å². The van der Waals surface area contributed by atoms with Gasteiger partial charge in [-0.2, -0.15) is 0 Å². The lowest BCUT2D eigenvalue weighted by molar-refractivity contribution is -0.383. The third-order valence-corrected chi connectivity index (χ3v) is 3.15. The molecule has 0 amide bonds. The first-order chi connectivity index (χ1) is 10.1. The Morgan fingerprint density at radius 2 is 1.57 bits per heavy atom. The predicted octanol–water partition coefficient (Wildman–Crippen LogP) is 4.12. The zero-order chi connectivity index (χ0) is 14.8. The number of rotatable bonds is 3. The summed E-state index contributed by atoms with van der Waals surface area (Å²) in [5.41, 5.74) is 5.60. The molecule has 3 rings (SSSR count). The van der Waals surface area contributed by atoms with Gasteiger partial charge in [-0.05, 0) is 29.0 Å². The molecular weight excluding hydrogens is 268 g/mol. The normalized spacial score (nSPS) is 10.5. The summed E-state index contributed by atoms with van der Waals surface area (Å²) < 4.78 is 5.70. The van der Waals surface area contributed by atoms with Crippen molar-refractivity contribution in [1.82, 2.24) is 0 Å². The summed E-state index contributed by atoms with van der Waals surface area (Å²) >= 11 is 0. The molecule has 0 bridgehead atoms. The van der Waals surface area contributed by atoms with E-state index in [1.165, 1.54) is 18.2 Å². The predicted molar refractivity (Wildman–Crippen MR) is 81.5 cm³/mol. The molecule has 3 aromatic rings. The lowest BCUT2D eigenvalue weighted by atomic mass is 10.1. The van der Waals surface area contributed by atoms with Gasteiger partial charge in [0.1, 0.15) is 17.2 Å². The highest BCUT2D eigenvalue weighted by Gasteiger charge is 2.12. The molecule has 104 valence electrons. The average molecular weight is 280 g/mol. The van der Waals surface area contributed by atoms with Crippen LogP contribution < -0.4 is 10.5 Å². The van der Waals surface area contributed by atoms with Crippen LogP contribution in [0.5, 0.6) is 11.5 Å². The topological polar surface area (TPSA) is 78.4 Å². The van der Waals surface area contributed by atoms with Crippen LogP contribution in [0.4, 0.5) is 11.4 Å². The van der Waals surface area contributed by atoms with Crippen LogP contribution in [0.1, 0.15) is 0 Å². The van der Waals surface area contributed by atoms with E-state index in [0.717, 1.165) is 10.8 Å². The molecule has 0 aliphatic rings. The number of benzene rings is 3. The number of nitro groups is 1. The fourth-order valence-corrected chi connectivity index (χ4v) is 2.13. The summed E-state index contributed by atoms with van der Waals surface area (Å²) in [6, 6.07) is 18.0. The highest BCUT2D eigenvalue weighted by molar-refractivity contribution is 5.83. The van der Waals surface area contributed by atoms with Gasteiger partial charge in [-0.25, -0.2) is 0 Å². The van der Waals surface area contributed by atoms with Crippen molar-refractivity contribution >= 4 is 22.1 Å². The van der Waals surface area contributed by atoms with Crippen LogP contribution in [-0.2, 0) is 0 Å². The van der Waals surface area contributed by atoms with E-state index in [0.29, 0.717) is 11.5 Å². The van der Waals surface area contributed by atoms with Crippen molar-refractivity contribution in [3.8, 4) is 11.5 Å². The summed E-state index contributed by atoms with van der Waals surface area (Å²) in [6.07, 6.45) is 0. The first-order valence-electron chi connectivity index (χ1n) is 6.34. The summed E-state index contributed by atoms with van der Waals surface area (Å²) in [5.74, 6) is 1.12. The number of nitrogens with two attached hydrogens (primary N) is 1. The van der Waals surface area contributed by atoms with Crippen LogP contribution in [0.3, 0.4) is 0 Å². The third kappa shape index (κ3) is 2.62. The molecule has 0 aliphatic carbocycles. The zero-order valence-corrected chi connectivity index (χ0v) is 11.0. The van der Waals surface area contributed by atoms with Crippen LogP contribution in [0, 0.1) is 10.1 Å². The first kappa shape index (κ1) is 12.9. The molecule has 0 saturated carbocycles. The largest absolute Gasteiger partial charge is 0.457 e. The minimum absolute atomic E-state index is 0.0817. The lowest BCUT2D eigenvalue weighted by Crippen LogP contribution is -1.96. The van der Waals surface area contributed by atoms with Crippen molar-refractivity contribution in [3.05, 3.63) is 70.8 Å². The quantitative estimate of drug-likeness (QED) is 0.444. The Hall–Kier alpha value is -3.08. The minimum atomic E-state index is -0.519. The SMILES string of the molecule is Nc1cc(Oc2ccc3ccccc3c2)ccc1[N+](=O)[O-]. The maximum Gasteiger partial charge on any atom is 0.292 e. The Kier molecular flexibility index (Phi) is 3.16. The zero-order valence-electron chi connectivity index (χ0n) is 11.0. The fourth-order valence-electron chi connectivity index (χ4n) is 2.13. The van der Waals surface area contributed by atoms with Crippen molar-refractivity contribution in [2.24, 2.45) is 0 Å². The minimum Gasteiger partial charge on any atom is -0.457 e. The van der Waals surface area contributed by atoms with E-state index in [2.05, 4.69) is 0 Å². The molecule has 21 heavy (non-hydrogen) atoms. The monoisotopic (exact) mass is 280 g/mol. The number of anilines is 1. The van der Waals surface area contributed by atoms with Gasteiger partial charge in [0.2, 0.25) is 0 Å². The molecule has 0 heterocycles. The number of nitrogens with zero attached hydrogens (tertiary/aromatic N) is 1. The van der Waals surface area contributed by atoms with Crippen molar-refractivity contribution in [1.29, 1.82) is 0 Å². The maximum atomic E-state index is 10.7. The lowest BCUT2D eigenvalue weighted by Gasteiger charge is -2.07. The summed E-state index contributed by atoms with van der Waals surface area (Å²) in [7, 11) is 0. The van der Waals surface area contributed by atoms with Gasteiger partial charge in [0.15, 0.2) is 0 Å². The highest BCUT2D eigenvalue weighted by Crippen LogP contribution is 2.30. The number of nitrogen functional groups attached to an aromatic ring is 1. The molecule has 0 atom stereocenters. The van der Waals surface area contributed by atoms with E-state index >= 15 is 0 Å². The van der Waals surface area contributed by atoms with Crippen molar-refractivity contribution < 1.29 is 9.66 Å². The van der Waals surface area contributed by atoms with Gasteiger partial charge >= 0.3 is 0 Å². The molecule has 0 saturated heterocycles. The number of ether oxygens (including phenoxy) is 1. The summed E-state index contributed by atoms with van der Waals surface area (Å²) in [5, 5.41) is 12.9. The van der Waals surface area contributed by atoms with Gasteiger partial charge in [-0.15, -0.1) is 0 Å². The molecule has 0 fully saturated rings. The fraction of sp³-hybridized carbons (Fsp3) is 0. The Labute approximate surface area is 120 Å². The number of hydrogen-bond donors (Lipinski definition) is 1. The number of nitro benzene ring substituents is 1. The van der Waals surface area contributed by atoms with E-state index in [1.54, 1.807) is 0 Å². The molecule has 0 radical (unpaired) electrons. The van der Waals surface area contributed by atoms with E-state index in [-0.39, 0.29) is 11.4 Å². The van der Waals surface area contributed by atoms with E-state index in [1.807, 2.05) is 42.5 Å². The molecule has 2 N–H and O–H groups in total. The highest BCUT2D eigenvalue weighted by atomic mass is 16.6. The standard InChI is InChI=1S/C16H12N2O3/c17-15-10-14(7-8-16(15)18(19)20)21-13-6-5-11-3-1-2-4-12(11)9-13/h1-10H,17H2. The Balaban J connectivity index is 1.91. The van der Waals surface area contributed by atoms with Gasteiger partial charge in [-0.3, -0.25) is 10.1 Å². The molecule has 0 unspecified atom stereocenters. The van der Waals surface area contributed by atoms with Gasteiger partial charge in [-0.1, -0.05) is 30.3 Å². The average Bonchev–Trinajstić information content (AvgIpc) is 2.47. The molecule has 0 aliphatic heterocycles. The Morgan fingerprint density at radius 3 is 2.29 bits per heavy atom. The van der Waals surface area contributed by atoms with E-state index in [4.69, 9.17) is 10.5 Å².